The molecule has 1 fully saturated rings. The summed E-state index contributed by atoms with van der Waals surface area (Å²) in [4.78, 5) is 23.1. The summed E-state index contributed by atoms with van der Waals surface area (Å²) >= 11 is 0. The van der Waals surface area contributed by atoms with Crippen molar-refractivity contribution in [3.63, 3.8) is 0 Å². The van der Waals surface area contributed by atoms with Crippen LogP contribution in [0.5, 0.6) is 0 Å². The zero-order chi connectivity index (χ0) is 19.5. The average molecular weight is 362 g/mol. The van der Waals surface area contributed by atoms with E-state index in [1.807, 2.05) is 6.92 Å². The third kappa shape index (κ3) is 4.64. The fourth-order valence-corrected chi connectivity index (χ4v) is 4.65. The Morgan fingerprint density at radius 2 is 1.85 bits per heavy atom. The van der Waals surface area contributed by atoms with Crippen LogP contribution < -0.4 is 0 Å². The van der Waals surface area contributed by atoms with Gasteiger partial charge in [-0.05, 0) is 73.1 Å². The highest BCUT2D eigenvalue weighted by Gasteiger charge is 2.40. The van der Waals surface area contributed by atoms with Crippen molar-refractivity contribution in [3.05, 3.63) is 34.4 Å². The summed E-state index contributed by atoms with van der Waals surface area (Å²) in [6.45, 7) is 7.00. The number of carboxylic acid groups (broad SMARTS) is 2. The highest BCUT2D eigenvalue weighted by molar-refractivity contribution is 5.95. The summed E-state index contributed by atoms with van der Waals surface area (Å²) < 4.78 is 5.34. The first-order chi connectivity index (χ1) is 12.1. The van der Waals surface area contributed by atoms with Crippen LogP contribution in [0.2, 0.25) is 0 Å². The molecule has 1 aromatic rings. The molecule has 0 heterocycles. The molecule has 26 heavy (non-hydrogen) atoms. The maximum absolute atomic E-state index is 11.8. The first-order valence-electron chi connectivity index (χ1n) is 9.18. The average Bonchev–Trinajstić information content (AvgIpc) is 2.53. The van der Waals surface area contributed by atoms with E-state index in [4.69, 9.17) is 4.74 Å². The second-order valence-corrected chi connectivity index (χ2v) is 8.54. The lowest BCUT2D eigenvalue weighted by Crippen LogP contribution is -2.36. The molecule has 2 rings (SSSR count). The van der Waals surface area contributed by atoms with Crippen molar-refractivity contribution in [2.75, 3.05) is 13.7 Å². The number of aryl methyl sites for hydroxylation is 1. The quantitative estimate of drug-likeness (QED) is 0.743. The number of carboxylic acids is 2. The van der Waals surface area contributed by atoms with Gasteiger partial charge < -0.3 is 14.9 Å². The Kier molecular flexibility index (Phi) is 6.12. The van der Waals surface area contributed by atoms with Gasteiger partial charge in [-0.2, -0.15) is 0 Å². The summed E-state index contributed by atoms with van der Waals surface area (Å²) in [5.74, 6) is -2.17. The van der Waals surface area contributed by atoms with Crippen molar-refractivity contribution in [3.8, 4) is 0 Å². The molecular formula is C21H30O5. The van der Waals surface area contributed by atoms with Gasteiger partial charge in [-0.25, -0.2) is 9.59 Å². The molecule has 144 valence electrons. The maximum atomic E-state index is 11.8. The lowest BCUT2D eigenvalue weighted by atomic mass is 9.60. The van der Waals surface area contributed by atoms with Crippen molar-refractivity contribution in [2.45, 2.75) is 59.3 Å². The van der Waals surface area contributed by atoms with Crippen LogP contribution in [0, 0.1) is 17.8 Å². The maximum Gasteiger partial charge on any atom is 0.335 e. The summed E-state index contributed by atoms with van der Waals surface area (Å²) in [6, 6.07) is 2.88. The Morgan fingerprint density at radius 3 is 2.38 bits per heavy atom. The van der Waals surface area contributed by atoms with E-state index < -0.39 is 11.9 Å². The van der Waals surface area contributed by atoms with Crippen LogP contribution in [0.25, 0.3) is 0 Å². The third-order valence-electron chi connectivity index (χ3n) is 5.75. The number of hydrogen-bond acceptors (Lipinski definition) is 3. The lowest BCUT2D eigenvalue weighted by molar-refractivity contribution is 0.0458. The van der Waals surface area contributed by atoms with Gasteiger partial charge in [-0.1, -0.05) is 20.3 Å². The Hall–Kier alpha value is -1.88. The van der Waals surface area contributed by atoms with Crippen LogP contribution in [0.15, 0.2) is 12.1 Å². The van der Waals surface area contributed by atoms with Crippen molar-refractivity contribution >= 4 is 11.9 Å². The predicted octanol–water partition coefficient (Wildman–Crippen LogP) is 4.56. The van der Waals surface area contributed by atoms with E-state index in [0.29, 0.717) is 13.0 Å². The van der Waals surface area contributed by atoms with E-state index >= 15 is 0 Å². The van der Waals surface area contributed by atoms with Crippen molar-refractivity contribution in [1.29, 1.82) is 0 Å². The molecule has 5 heteroatoms. The first-order valence-corrected chi connectivity index (χ1v) is 9.18. The number of methoxy groups -OCH3 is 1. The van der Waals surface area contributed by atoms with Crippen LogP contribution in [-0.4, -0.2) is 35.9 Å². The van der Waals surface area contributed by atoms with Gasteiger partial charge in [-0.15, -0.1) is 0 Å². The first kappa shape index (κ1) is 20.4. The van der Waals surface area contributed by atoms with E-state index in [9.17, 15) is 19.8 Å². The number of hydrogen-bond donors (Lipinski definition) is 2. The highest BCUT2D eigenvalue weighted by atomic mass is 16.5. The van der Waals surface area contributed by atoms with E-state index in [1.165, 1.54) is 12.5 Å². The molecule has 0 aromatic heterocycles. The van der Waals surface area contributed by atoms with Gasteiger partial charge in [0.2, 0.25) is 0 Å². The highest BCUT2D eigenvalue weighted by Crippen LogP contribution is 2.50. The minimum Gasteiger partial charge on any atom is -0.478 e. The molecule has 1 unspecified atom stereocenters. The van der Waals surface area contributed by atoms with Crippen molar-refractivity contribution in [1.82, 2.24) is 0 Å². The molecule has 1 aliphatic rings. The van der Waals surface area contributed by atoms with Gasteiger partial charge in [0, 0.05) is 13.7 Å². The molecule has 1 aliphatic carbocycles. The fourth-order valence-electron chi connectivity index (χ4n) is 4.65. The molecule has 5 nitrogen and oxygen atoms in total. The number of carbonyl (C=O) groups is 2. The molecule has 0 spiro atoms. The van der Waals surface area contributed by atoms with Crippen LogP contribution in [0.3, 0.4) is 0 Å². The molecule has 1 aromatic carbocycles. The summed E-state index contributed by atoms with van der Waals surface area (Å²) in [5, 5.41) is 18.9. The Balaban J connectivity index is 2.47. The monoisotopic (exact) mass is 362 g/mol. The van der Waals surface area contributed by atoms with Gasteiger partial charge in [0.15, 0.2) is 0 Å². The SMILES string of the molecule is COCCC1(Cc2c(C)cc(C(=O)O)cc2C(=O)O)CCCC(C)(C)C1. The van der Waals surface area contributed by atoms with Gasteiger partial charge in [0.05, 0.1) is 11.1 Å². The number of benzene rings is 1. The van der Waals surface area contributed by atoms with Crippen molar-refractivity contribution in [2.24, 2.45) is 10.8 Å². The van der Waals surface area contributed by atoms with Gasteiger partial charge in [0.1, 0.15) is 0 Å². The van der Waals surface area contributed by atoms with Gasteiger partial charge in [0.25, 0.3) is 0 Å². The number of rotatable bonds is 7. The normalized spacial score (nSPS) is 22.2. The minimum atomic E-state index is -1.10. The summed E-state index contributed by atoms with van der Waals surface area (Å²) in [5.41, 5.74) is 1.83. The minimum absolute atomic E-state index is 0.0164. The molecule has 0 amide bonds. The zero-order valence-corrected chi connectivity index (χ0v) is 16.2. The van der Waals surface area contributed by atoms with Gasteiger partial charge >= 0.3 is 11.9 Å². The van der Waals surface area contributed by atoms with Crippen LogP contribution in [0.4, 0.5) is 0 Å². The Bertz CT molecular complexity index is 692. The van der Waals surface area contributed by atoms with Crippen LogP contribution in [0.1, 0.15) is 77.8 Å². The zero-order valence-electron chi connectivity index (χ0n) is 16.2. The van der Waals surface area contributed by atoms with Gasteiger partial charge in [-0.3, -0.25) is 0 Å². The largest absolute Gasteiger partial charge is 0.478 e. The fraction of sp³-hybridized carbons (Fsp3) is 0.619. The third-order valence-corrected chi connectivity index (χ3v) is 5.75. The topological polar surface area (TPSA) is 83.8 Å². The summed E-state index contributed by atoms with van der Waals surface area (Å²) in [7, 11) is 1.69. The molecule has 2 N–H and O–H groups in total. The Labute approximate surface area is 155 Å². The smallest absolute Gasteiger partial charge is 0.335 e. The number of ether oxygens (including phenoxy) is 1. The molecule has 0 aliphatic heterocycles. The molecule has 0 radical (unpaired) electrons. The second kappa shape index (κ2) is 7.78. The molecule has 1 atom stereocenters. The Morgan fingerprint density at radius 1 is 1.15 bits per heavy atom. The van der Waals surface area contributed by atoms with E-state index in [1.54, 1.807) is 13.2 Å². The predicted molar refractivity (Wildman–Crippen MR) is 100.0 cm³/mol. The van der Waals surface area contributed by atoms with Crippen molar-refractivity contribution < 1.29 is 24.5 Å². The molecular weight excluding hydrogens is 332 g/mol. The van der Waals surface area contributed by atoms with E-state index in [-0.39, 0.29) is 22.0 Å². The summed E-state index contributed by atoms with van der Waals surface area (Å²) in [6.07, 6.45) is 5.87. The number of aromatic carboxylic acids is 2. The molecule has 0 saturated heterocycles. The van der Waals surface area contributed by atoms with Crippen LogP contribution in [-0.2, 0) is 11.2 Å². The van der Waals surface area contributed by atoms with E-state index in [2.05, 4.69) is 13.8 Å². The lowest BCUT2D eigenvalue weighted by Gasteiger charge is -2.46. The molecule has 1 saturated carbocycles. The standard InChI is InChI=1S/C21H30O5/c1-14-10-15(18(22)23)11-16(19(24)25)17(14)12-21(8-9-26-4)7-5-6-20(2,3)13-21/h10-11H,5-9,12-13H2,1-4H3,(H,22,23)(H,24,25). The van der Waals surface area contributed by atoms with E-state index in [0.717, 1.165) is 36.8 Å². The second-order valence-electron chi connectivity index (χ2n) is 8.54. The molecule has 0 bridgehead atoms. The van der Waals surface area contributed by atoms with Crippen LogP contribution >= 0.6 is 0 Å².